The van der Waals surface area contributed by atoms with Gasteiger partial charge >= 0.3 is 0 Å². The Labute approximate surface area is 210 Å². The molecular weight excluding hydrogens is 467 g/mol. The normalized spacial score (nSPS) is 19.9. The number of hydrogen-bond donors (Lipinski definition) is 3. The zero-order valence-corrected chi connectivity index (χ0v) is 20.6. The Hall–Kier alpha value is -3.34. The topological polar surface area (TPSA) is 111 Å². The molecule has 1 aromatic rings. The smallest absolute Gasteiger partial charge is 0.276 e. The van der Waals surface area contributed by atoms with Crippen molar-refractivity contribution in [2.75, 3.05) is 32.8 Å². The van der Waals surface area contributed by atoms with Crippen molar-refractivity contribution in [3.63, 3.8) is 0 Å². The third kappa shape index (κ3) is 6.87. The average Bonchev–Trinajstić information content (AvgIpc) is 3.19. The maximum absolute atomic E-state index is 15.1. The Kier molecular flexibility index (Phi) is 9.92. The lowest BCUT2D eigenvalue weighted by Crippen LogP contribution is -2.49. The van der Waals surface area contributed by atoms with Gasteiger partial charge < -0.3 is 20.1 Å². The van der Waals surface area contributed by atoms with Gasteiger partial charge in [-0.3, -0.25) is 24.6 Å². The van der Waals surface area contributed by atoms with Crippen LogP contribution in [0.4, 0.5) is 4.39 Å². The van der Waals surface area contributed by atoms with Crippen LogP contribution in [-0.4, -0.2) is 71.7 Å². The number of carbonyl (C=O) groups is 3. The van der Waals surface area contributed by atoms with Gasteiger partial charge in [0.05, 0.1) is 19.8 Å². The van der Waals surface area contributed by atoms with Gasteiger partial charge in [0.1, 0.15) is 5.82 Å². The third-order valence-electron chi connectivity index (χ3n) is 5.97. The largest absolute Gasteiger partial charge is 0.386 e. The van der Waals surface area contributed by atoms with E-state index < -0.39 is 23.9 Å². The summed E-state index contributed by atoms with van der Waals surface area (Å²) < 4.78 is 20.5. The second kappa shape index (κ2) is 13.1. The van der Waals surface area contributed by atoms with E-state index in [1.807, 2.05) is 6.07 Å². The number of ether oxygens (including phenoxy) is 1. The van der Waals surface area contributed by atoms with Crippen molar-refractivity contribution in [2.45, 2.75) is 39.6 Å². The molecule has 0 aliphatic carbocycles. The molecule has 10 heteroatoms. The molecule has 36 heavy (non-hydrogen) atoms. The van der Waals surface area contributed by atoms with Gasteiger partial charge in [-0.05, 0) is 18.6 Å². The first kappa shape index (κ1) is 27.3. The van der Waals surface area contributed by atoms with Gasteiger partial charge in [0.2, 0.25) is 12.1 Å². The van der Waals surface area contributed by atoms with Crippen LogP contribution in [-0.2, 0) is 32.2 Å². The van der Waals surface area contributed by atoms with Crippen molar-refractivity contribution in [3.8, 4) is 0 Å². The number of morpholine rings is 1. The second-order valence-electron chi connectivity index (χ2n) is 8.51. The van der Waals surface area contributed by atoms with Gasteiger partial charge in [0, 0.05) is 55.5 Å². The molecule has 9 nitrogen and oxygen atoms in total. The molecule has 1 atom stereocenters. The highest BCUT2D eigenvalue weighted by molar-refractivity contribution is 6.05. The van der Waals surface area contributed by atoms with Crippen molar-refractivity contribution < 1.29 is 28.6 Å². The number of nitrogens with one attached hydrogen (secondary N) is 2. The molecule has 2 fully saturated rings. The highest BCUT2D eigenvalue weighted by Crippen LogP contribution is 2.25. The summed E-state index contributed by atoms with van der Waals surface area (Å²) in [5.74, 6) is -2.34. The molecule has 194 valence electrons. The first-order valence-electron chi connectivity index (χ1n) is 12.0. The highest BCUT2D eigenvalue weighted by Gasteiger charge is 2.37. The summed E-state index contributed by atoms with van der Waals surface area (Å²) in [5.41, 5.74) is 1.90. The van der Waals surface area contributed by atoms with Gasteiger partial charge in [-0.25, -0.2) is 4.39 Å². The minimum Gasteiger partial charge on any atom is -0.386 e. The van der Waals surface area contributed by atoms with E-state index in [9.17, 15) is 19.5 Å². The Balaban J connectivity index is 1.71. The van der Waals surface area contributed by atoms with Crippen molar-refractivity contribution in [1.82, 2.24) is 20.4 Å². The van der Waals surface area contributed by atoms with Crippen LogP contribution >= 0.6 is 0 Å². The van der Waals surface area contributed by atoms with Crippen LogP contribution in [0.3, 0.4) is 0 Å². The Morgan fingerprint density at radius 1 is 1.25 bits per heavy atom. The first-order valence-corrected chi connectivity index (χ1v) is 12.0. The minimum absolute atomic E-state index is 0.0519. The summed E-state index contributed by atoms with van der Waals surface area (Å²) in [6, 6.07) is 5.28. The van der Waals surface area contributed by atoms with E-state index in [2.05, 4.69) is 15.5 Å². The molecule has 0 saturated carbocycles. The van der Waals surface area contributed by atoms with Crippen LogP contribution < -0.4 is 10.6 Å². The average molecular weight is 501 g/mol. The van der Waals surface area contributed by atoms with Gasteiger partial charge in [-0.1, -0.05) is 37.3 Å². The van der Waals surface area contributed by atoms with Crippen molar-refractivity contribution >= 4 is 17.7 Å². The first-order chi connectivity index (χ1) is 17.3. The summed E-state index contributed by atoms with van der Waals surface area (Å²) in [6.07, 6.45) is 4.84. The lowest BCUT2D eigenvalue weighted by Gasteiger charge is -2.26. The van der Waals surface area contributed by atoms with E-state index in [4.69, 9.17) is 4.74 Å². The lowest BCUT2D eigenvalue weighted by atomic mass is 10.1. The van der Waals surface area contributed by atoms with Gasteiger partial charge in [-0.15, -0.1) is 0 Å². The summed E-state index contributed by atoms with van der Waals surface area (Å²) in [4.78, 5) is 39.7. The van der Waals surface area contributed by atoms with Gasteiger partial charge in [0.25, 0.3) is 11.8 Å². The number of halogens is 1. The number of imide groups is 1. The van der Waals surface area contributed by atoms with Crippen LogP contribution in [0.5, 0.6) is 0 Å². The molecule has 1 aromatic carbocycles. The van der Waals surface area contributed by atoms with Crippen LogP contribution in [0, 0.1) is 5.82 Å². The van der Waals surface area contributed by atoms with Crippen LogP contribution in [0.25, 0.3) is 0 Å². The molecule has 2 heterocycles. The molecule has 2 saturated heterocycles. The number of amides is 3. The van der Waals surface area contributed by atoms with Crippen LogP contribution in [0.15, 0.2) is 53.8 Å². The molecule has 3 amide bonds. The molecular formula is C26H33FN4O5. The van der Waals surface area contributed by atoms with E-state index in [0.29, 0.717) is 36.5 Å². The van der Waals surface area contributed by atoms with E-state index in [-0.39, 0.29) is 30.9 Å². The Morgan fingerprint density at radius 2 is 1.97 bits per heavy atom. The molecule has 2 aliphatic heterocycles. The van der Waals surface area contributed by atoms with Crippen molar-refractivity contribution in [3.05, 3.63) is 70.7 Å². The maximum atomic E-state index is 15.1. The Bertz CT molecular complexity index is 1060. The molecule has 0 bridgehead atoms. The van der Waals surface area contributed by atoms with Crippen molar-refractivity contribution in [1.29, 1.82) is 0 Å². The predicted octanol–water partition coefficient (Wildman–Crippen LogP) is 1.35. The molecule has 0 spiro atoms. The minimum atomic E-state index is -1.82. The number of likely N-dealkylation sites (tertiary alicyclic amines) is 1. The zero-order chi connectivity index (χ0) is 26.1. The van der Waals surface area contributed by atoms with Crippen molar-refractivity contribution in [2.24, 2.45) is 0 Å². The zero-order valence-electron chi connectivity index (χ0n) is 20.6. The SMILES string of the molecule is C\C=C/C=C1/C(=O)N(C(O)C(=O)NC(=O)CC)C/C1=C\NCc1cccc(CN2CCOCC2)c1F. The molecule has 3 rings (SSSR count). The number of carbonyl (C=O) groups excluding carboxylic acids is 3. The summed E-state index contributed by atoms with van der Waals surface area (Å²) >= 11 is 0. The fraction of sp³-hybridized carbons (Fsp3) is 0.423. The van der Waals surface area contributed by atoms with Gasteiger partial charge in [-0.2, -0.15) is 0 Å². The number of aliphatic hydroxyl groups is 1. The molecule has 3 N–H and O–H groups in total. The fourth-order valence-corrected chi connectivity index (χ4v) is 3.93. The maximum Gasteiger partial charge on any atom is 0.276 e. The number of benzene rings is 1. The standard InChI is InChI=1S/C26H33FN4O5/c1-3-5-9-21-20(17-31(25(21)34)26(35)24(33)29-22(32)4-2)15-28-14-18-7-6-8-19(23(18)27)16-30-10-12-36-13-11-30/h3,5-9,15,26,28,35H,4,10-14,16-17H2,1-2H3,(H,29,32,33)/b5-3-,20-15+,21-9+. The number of nitrogens with zero attached hydrogens (tertiary/aromatic N) is 2. The van der Waals surface area contributed by atoms with Gasteiger partial charge in [0.15, 0.2) is 0 Å². The third-order valence-corrected chi connectivity index (χ3v) is 5.97. The quantitative estimate of drug-likeness (QED) is 0.439. The number of hydrogen-bond acceptors (Lipinski definition) is 7. The molecule has 0 radical (unpaired) electrons. The van der Waals surface area contributed by atoms with E-state index in [1.54, 1.807) is 50.4 Å². The molecule has 0 aromatic heterocycles. The van der Waals surface area contributed by atoms with E-state index in [1.165, 1.54) is 0 Å². The second-order valence-corrected chi connectivity index (χ2v) is 8.51. The monoisotopic (exact) mass is 500 g/mol. The lowest BCUT2D eigenvalue weighted by molar-refractivity contribution is -0.150. The summed E-state index contributed by atoms with van der Waals surface area (Å²) in [6.45, 7) is 6.80. The van der Waals surface area contributed by atoms with E-state index in [0.717, 1.165) is 18.0 Å². The predicted molar refractivity (Wildman–Crippen MR) is 131 cm³/mol. The Morgan fingerprint density at radius 3 is 2.67 bits per heavy atom. The van der Waals surface area contributed by atoms with Crippen LogP contribution in [0.1, 0.15) is 31.4 Å². The summed E-state index contributed by atoms with van der Waals surface area (Å²) in [5, 5.41) is 15.5. The van der Waals surface area contributed by atoms with Crippen LogP contribution in [0.2, 0.25) is 0 Å². The van der Waals surface area contributed by atoms with E-state index >= 15 is 4.39 Å². The fourth-order valence-electron chi connectivity index (χ4n) is 3.93. The number of allylic oxidation sites excluding steroid dienone is 3. The molecule has 2 aliphatic rings. The number of rotatable bonds is 9. The highest BCUT2D eigenvalue weighted by atomic mass is 19.1. The molecule has 1 unspecified atom stereocenters. The summed E-state index contributed by atoms with van der Waals surface area (Å²) in [7, 11) is 0. The number of aliphatic hydroxyl groups excluding tert-OH is 1.